The van der Waals surface area contributed by atoms with E-state index in [2.05, 4.69) is 13.2 Å². The second-order valence-electron chi connectivity index (χ2n) is 4.22. The van der Waals surface area contributed by atoms with Gasteiger partial charge in [0.15, 0.2) is 0 Å². The molecule has 0 atom stereocenters. The fraction of sp³-hybridized carbons (Fsp3) is 0.500. The summed E-state index contributed by atoms with van der Waals surface area (Å²) < 4.78 is 13.7. The van der Waals surface area contributed by atoms with Crippen LogP contribution in [0.15, 0.2) is 37.0 Å². The monoisotopic (exact) mass is 182 g/mol. The molecule has 0 aromatic carbocycles. The summed E-state index contributed by atoms with van der Waals surface area (Å²) in [6, 6.07) is 0. The molecule has 0 heterocycles. The van der Waals surface area contributed by atoms with Crippen molar-refractivity contribution in [1.29, 1.82) is 0 Å². The van der Waals surface area contributed by atoms with Crippen molar-refractivity contribution in [3.05, 3.63) is 37.0 Å². The molecule has 74 valence electrons. The summed E-state index contributed by atoms with van der Waals surface area (Å²) in [6.07, 6.45) is 5.23. The van der Waals surface area contributed by atoms with Crippen molar-refractivity contribution in [2.24, 2.45) is 5.41 Å². The fourth-order valence-electron chi connectivity index (χ4n) is 0.774. The lowest BCUT2D eigenvalue weighted by atomic mass is 9.73. The molecule has 0 radical (unpaired) electrons. The second-order valence-corrected chi connectivity index (χ2v) is 4.22. The van der Waals surface area contributed by atoms with Gasteiger partial charge in [-0.25, -0.2) is 4.39 Å². The summed E-state index contributed by atoms with van der Waals surface area (Å²) in [6.45, 7) is 14.2. The van der Waals surface area contributed by atoms with Crippen molar-refractivity contribution in [2.75, 3.05) is 0 Å². The molecule has 0 aromatic rings. The highest BCUT2D eigenvalue weighted by Crippen LogP contribution is 2.40. The van der Waals surface area contributed by atoms with Gasteiger partial charge in [-0.1, -0.05) is 45.2 Å². The van der Waals surface area contributed by atoms with Crippen LogP contribution < -0.4 is 0 Å². The zero-order chi connectivity index (χ0) is 10.7. The summed E-state index contributed by atoms with van der Waals surface area (Å²) in [5.41, 5.74) is -1.04. The molecule has 1 heteroatoms. The minimum atomic E-state index is -1.27. The maximum absolute atomic E-state index is 13.7. The van der Waals surface area contributed by atoms with Crippen LogP contribution in [0.4, 0.5) is 4.39 Å². The van der Waals surface area contributed by atoms with E-state index in [1.54, 1.807) is 32.1 Å². The summed E-state index contributed by atoms with van der Waals surface area (Å²) in [4.78, 5) is 0. The van der Waals surface area contributed by atoms with E-state index in [1.807, 2.05) is 13.8 Å². The molecule has 0 spiro atoms. The van der Waals surface area contributed by atoms with Gasteiger partial charge in [0.05, 0.1) is 0 Å². The Kier molecular flexibility index (Phi) is 3.65. The lowest BCUT2D eigenvalue weighted by Gasteiger charge is -2.35. The van der Waals surface area contributed by atoms with E-state index in [9.17, 15) is 4.39 Å². The smallest absolute Gasteiger partial charge is 0.114 e. The molecule has 0 bridgehead atoms. The maximum atomic E-state index is 13.7. The summed E-state index contributed by atoms with van der Waals surface area (Å²) >= 11 is 0. The molecule has 0 rings (SSSR count). The van der Waals surface area contributed by atoms with Crippen molar-refractivity contribution in [2.45, 2.75) is 33.4 Å². The van der Waals surface area contributed by atoms with Crippen molar-refractivity contribution in [1.82, 2.24) is 0 Å². The van der Waals surface area contributed by atoms with Gasteiger partial charge in [-0.15, -0.1) is 0 Å². The lowest BCUT2D eigenvalue weighted by Crippen LogP contribution is -2.35. The van der Waals surface area contributed by atoms with Gasteiger partial charge in [0.1, 0.15) is 5.67 Å². The quantitative estimate of drug-likeness (QED) is 0.575. The molecule has 0 fully saturated rings. The second kappa shape index (κ2) is 3.91. The SMILES string of the molecule is C=C/C=C\C(=C)C(C)(C)C(C)(C)F. The van der Waals surface area contributed by atoms with E-state index in [-0.39, 0.29) is 0 Å². The highest BCUT2D eigenvalue weighted by atomic mass is 19.1. The molecular weight excluding hydrogens is 163 g/mol. The third-order valence-electron chi connectivity index (χ3n) is 2.72. The molecule has 13 heavy (non-hydrogen) atoms. The molecule has 0 saturated heterocycles. The Morgan fingerprint density at radius 2 is 1.69 bits per heavy atom. The number of allylic oxidation sites excluding steroid dienone is 4. The summed E-state index contributed by atoms with van der Waals surface area (Å²) in [5, 5.41) is 0. The number of hydrogen-bond acceptors (Lipinski definition) is 0. The average molecular weight is 182 g/mol. The summed E-state index contributed by atoms with van der Waals surface area (Å²) in [5.74, 6) is 0. The normalized spacial score (nSPS) is 13.3. The fourth-order valence-corrected chi connectivity index (χ4v) is 0.774. The molecule has 0 amide bonds. The predicted octanol–water partition coefficient (Wildman–Crippen LogP) is 4.06. The van der Waals surface area contributed by atoms with E-state index >= 15 is 0 Å². The van der Waals surface area contributed by atoms with E-state index in [0.717, 1.165) is 5.57 Å². The van der Waals surface area contributed by atoms with Crippen LogP contribution in [0.5, 0.6) is 0 Å². The lowest BCUT2D eigenvalue weighted by molar-refractivity contribution is 0.0855. The standard InChI is InChI=1S/C12H19F/c1-7-8-9-10(2)11(3,4)12(5,6)13/h7-9H,1-2H2,3-6H3/b9-8-. The topological polar surface area (TPSA) is 0 Å². The zero-order valence-electron chi connectivity index (χ0n) is 9.02. The minimum absolute atomic E-state index is 0.549. The van der Waals surface area contributed by atoms with Gasteiger partial charge in [-0.05, 0) is 19.4 Å². The molecule has 0 N–H and O–H groups in total. The van der Waals surface area contributed by atoms with Crippen molar-refractivity contribution in [3.63, 3.8) is 0 Å². The number of rotatable bonds is 4. The Morgan fingerprint density at radius 1 is 1.23 bits per heavy atom. The van der Waals surface area contributed by atoms with Gasteiger partial charge < -0.3 is 0 Å². The Hall–Kier alpha value is -0.850. The number of hydrogen-bond donors (Lipinski definition) is 0. The minimum Gasteiger partial charge on any atom is -0.244 e. The molecule has 0 aliphatic carbocycles. The van der Waals surface area contributed by atoms with Crippen LogP contribution in [0.1, 0.15) is 27.7 Å². The van der Waals surface area contributed by atoms with Crippen LogP contribution in [-0.4, -0.2) is 5.67 Å². The first-order chi connectivity index (χ1) is 5.73. The predicted molar refractivity (Wildman–Crippen MR) is 57.4 cm³/mol. The largest absolute Gasteiger partial charge is 0.244 e. The van der Waals surface area contributed by atoms with Gasteiger partial charge in [-0.3, -0.25) is 0 Å². The molecule has 0 saturated carbocycles. The van der Waals surface area contributed by atoms with E-state index in [4.69, 9.17) is 0 Å². The van der Waals surface area contributed by atoms with E-state index < -0.39 is 11.1 Å². The first-order valence-corrected chi connectivity index (χ1v) is 4.41. The van der Waals surface area contributed by atoms with Crippen LogP contribution in [0, 0.1) is 5.41 Å². The Balaban J connectivity index is 4.74. The molecule has 0 nitrogen and oxygen atoms in total. The van der Waals surface area contributed by atoms with E-state index in [0.29, 0.717) is 0 Å². The van der Waals surface area contributed by atoms with Gasteiger partial charge in [-0.2, -0.15) is 0 Å². The maximum Gasteiger partial charge on any atom is 0.114 e. The Labute approximate surface area is 80.9 Å². The highest BCUT2D eigenvalue weighted by molar-refractivity contribution is 5.27. The van der Waals surface area contributed by atoms with Gasteiger partial charge >= 0.3 is 0 Å². The molecule has 0 aromatic heterocycles. The number of halogens is 1. The molecule has 0 aliphatic rings. The van der Waals surface area contributed by atoms with Gasteiger partial charge in [0, 0.05) is 5.41 Å². The van der Waals surface area contributed by atoms with Crippen LogP contribution in [0.25, 0.3) is 0 Å². The average Bonchev–Trinajstić information content (AvgIpc) is 1.97. The van der Waals surface area contributed by atoms with Crippen LogP contribution >= 0.6 is 0 Å². The van der Waals surface area contributed by atoms with Crippen molar-refractivity contribution >= 4 is 0 Å². The number of alkyl halides is 1. The summed E-state index contributed by atoms with van der Waals surface area (Å²) in [7, 11) is 0. The molecule has 0 unspecified atom stereocenters. The third kappa shape index (κ3) is 2.83. The van der Waals surface area contributed by atoms with Crippen LogP contribution in [-0.2, 0) is 0 Å². The first kappa shape index (κ1) is 12.2. The van der Waals surface area contributed by atoms with Crippen molar-refractivity contribution < 1.29 is 4.39 Å². The Morgan fingerprint density at radius 3 is 2.00 bits per heavy atom. The highest BCUT2D eigenvalue weighted by Gasteiger charge is 2.38. The molecular formula is C12H19F. The third-order valence-corrected chi connectivity index (χ3v) is 2.72. The zero-order valence-corrected chi connectivity index (χ0v) is 9.02. The first-order valence-electron chi connectivity index (χ1n) is 4.41. The van der Waals surface area contributed by atoms with Gasteiger partial charge in [0.2, 0.25) is 0 Å². The van der Waals surface area contributed by atoms with Gasteiger partial charge in [0.25, 0.3) is 0 Å². The van der Waals surface area contributed by atoms with Crippen molar-refractivity contribution in [3.8, 4) is 0 Å². The van der Waals surface area contributed by atoms with Crippen LogP contribution in [0.2, 0.25) is 0 Å². The van der Waals surface area contributed by atoms with Crippen LogP contribution in [0.3, 0.4) is 0 Å². The van der Waals surface area contributed by atoms with E-state index in [1.165, 1.54) is 0 Å². The Bertz CT molecular complexity index is 226. The molecule has 0 aliphatic heterocycles.